The molecule has 2 aliphatic heterocycles. The van der Waals surface area contributed by atoms with Gasteiger partial charge in [0.1, 0.15) is 34.7 Å². The highest BCUT2D eigenvalue weighted by Gasteiger charge is 2.57. The number of amides is 1. The lowest BCUT2D eigenvalue weighted by atomic mass is 9.89. The summed E-state index contributed by atoms with van der Waals surface area (Å²) in [6.07, 6.45) is -0.356. The van der Waals surface area contributed by atoms with E-state index in [2.05, 4.69) is 32.7 Å². The molecule has 1 amide bonds. The fourth-order valence-electron chi connectivity index (χ4n) is 4.64. The molecule has 2 aliphatic rings. The summed E-state index contributed by atoms with van der Waals surface area (Å²) < 4.78 is 29.8. The molecule has 0 bridgehead atoms. The molecule has 1 fully saturated rings. The van der Waals surface area contributed by atoms with Crippen molar-refractivity contribution < 1.29 is 42.4 Å². The van der Waals surface area contributed by atoms with Crippen LogP contribution in [0.15, 0.2) is 46.1 Å². The van der Waals surface area contributed by atoms with Crippen molar-refractivity contribution in [2.45, 2.75) is 71.1 Å². The van der Waals surface area contributed by atoms with E-state index in [9.17, 15) is 23.4 Å². The SMILES string of the molecule is COc1ccc(COC(=O)C2=C(CI)C[S@](=O)C3C(CC(=O)/C(=N\OC(C)(C)C(=O)OC(C)(C)C)c4csc(C)n4)C(=O)N23)cc1. The number of rotatable bonds is 12. The first-order valence-electron chi connectivity index (χ1n) is 14.3. The van der Waals surface area contributed by atoms with Crippen LogP contribution >= 0.6 is 33.9 Å². The molecule has 248 valence electrons. The number of hydrogen-bond donors (Lipinski definition) is 0. The maximum Gasteiger partial charge on any atom is 0.355 e. The number of β-lactam (4-membered cyclic amide) rings is 1. The fraction of sp³-hybridized carbons (Fsp3) is 0.484. The number of carbonyl (C=O) groups is 4. The maximum absolute atomic E-state index is 13.7. The third kappa shape index (κ3) is 8.02. The first-order valence-corrected chi connectivity index (χ1v) is 18.1. The normalized spacial score (nSPS) is 20.1. The standard InChI is InChI=1S/C31H36IN3O9S2/c1-17-33-22(15-45-17)24(34-44-31(5,6)29(39)43-30(2,3)4)23(36)12-21-26(37)35-25(19(13-32)16-46(40)27(21)35)28(38)42-14-18-8-10-20(41-7)11-9-18/h8-11,15,21,27H,12-14,16H2,1-7H3/b34-24-/t21?,27?,46-/m0/s1. The number of nitrogens with zero attached hydrogens (tertiary/aromatic N) is 3. The molecular formula is C31H36IN3O9S2. The number of ether oxygens (including phenoxy) is 3. The van der Waals surface area contributed by atoms with Gasteiger partial charge < -0.3 is 19.0 Å². The van der Waals surface area contributed by atoms with Crippen LogP contribution in [0.1, 0.15) is 57.3 Å². The van der Waals surface area contributed by atoms with Gasteiger partial charge in [0, 0.05) is 32.8 Å². The Balaban J connectivity index is 1.53. The number of aryl methyl sites for hydroxylation is 1. The zero-order valence-corrected chi connectivity index (χ0v) is 30.4. The molecule has 0 N–H and O–H groups in total. The fourth-order valence-corrected chi connectivity index (χ4v) is 8.01. The Morgan fingerprint density at radius 3 is 2.39 bits per heavy atom. The molecule has 1 aromatic heterocycles. The minimum absolute atomic E-state index is 0.0366. The second kappa shape index (κ2) is 14.3. The number of methoxy groups -OCH3 is 1. The van der Waals surface area contributed by atoms with E-state index < -0.39 is 56.9 Å². The molecule has 1 aromatic carbocycles. The lowest BCUT2D eigenvalue weighted by molar-refractivity contribution is -0.179. The van der Waals surface area contributed by atoms with Crippen molar-refractivity contribution in [2.24, 2.45) is 11.1 Å². The Morgan fingerprint density at radius 2 is 1.83 bits per heavy atom. The van der Waals surface area contributed by atoms with Crippen molar-refractivity contribution in [3.05, 3.63) is 57.2 Å². The van der Waals surface area contributed by atoms with Gasteiger partial charge in [-0.1, -0.05) is 39.9 Å². The number of thiazole rings is 1. The molecule has 1 saturated heterocycles. The Bertz CT molecular complexity index is 1610. The van der Waals surface area contributed by atoms with Crippen LogP contribution in [-0.2, 0) is 50.9 Å². The molecule has 3 heterocycles. The lowest BCUT2D eigenvalue weighted by Gasteiger charge is -2.49. The second-order valence-electron chi connectivity index (χ2n) is 12.2. The third-order valence-electron chi connectivity index (χ3n) is 6.99. The smallest absolute Gasteiger partial charge is 0.355 e. The predicted molar refractivity (Wildman–Crippen MR) is 180 cm³/mol. The first kappa shape index (κ1) is 35.7. The van der Waals surface area contributed by atoms with Crippen molar-refractivity contribution >= 4 is 74.1 Å². The summed E-state index contributed by atoms with van der Waals surface area (Å²) in [6, 6.07) is 7.01. The van der Waals surface area contributed by atoms with Crippen LogP contribution in [0.5, 0.6) is 5.75 Å². The number of hydrogen-bond acceptors (Lipinski definition) is 12. The quantitative estimate of drug-likeness (QED) is 0.0764. The summed E-state index contributed by atoms with van der Waals surface area (Å²) in [6.45, 7) is 9.80. The van der Waals surface area contributed by atoms with Crippen LogP contribution < -0.4 is 4.74 Å². The molecular weight excluding hydrogens is 749 g/mol. The number of benzene rings is 1. The number of fused-ring (bicyclic) bond motifs is 1. The Morgan fingerprint density at radius 1 is 1.15 bits per heavy atom. The molecule has 0 spiro atoms. The highest BCUT2D eigenvalue weighted by Crippen LogP contribution is 2.41. The van der Waals surface area contributed by atoms with Gasteiger partial charge in [0.2, 0.25) is 11.5 Å². The van der Waals surface area contributed by atoms with Gasteiger partial charge in [-0.3, -0.25) is 18.7 Å². The van der Waals surface area contributed by atoms with E-state index >= 15 is 0 Å². The zero-order valence-electron chi connectivity index (χ0n) is 26.6. The number of aromatic nitrogens is 1. The van der Waals surface area contributed by atoms with Crippen LogP contribution in [0.4, 0.5) is 0 Å². The lowest BCUT2D eigenvalue weighted by Crippen LogP contribution is -2.66. The number of halogens is 1. The Labute approximate surface area is 287 Å². The highest BCUT2D eigenvalue weighted by atomic mass is 127. The number of carbonyl (C=O) groups excluding carboxylic acids is 4. The van der Waals surface area contributed by atoms with Gasteiger partial charge in [0.25, 0.3) is 0 Å². The summed E-state index contributed by atoms with van der Waals surface area (Å²) in [4.78, 5) is 64.4. The van der Waals surface area contributed by atoms with Gasteiger partial charge in [-0.05, 0) is 64.8 Å². The van der Waals surface area contributed by atoms with Crippen molar-refractivity contribution in [2.75, 3.05) is 17.3 Å². The topological polar surface area (TPSA) is 151 Å². The molecule has 4 rings (SSSR count). The van der Waals surface area contributed by atoms with E-state index in [0.29, 0.717) is 20.8 Å². The van der Waals surface area contributed by atoms with Gasteiger partial charge in [0.05, 0.1) is 18.0 Å². The highest BCUT2D eigenvalue weighted by molar-refractivity contribution is 14.1. The summed E-state index contributed by atoms with van der Waals surface area (Å²) in [5, 5.41) is 5.42. The molecule has 46 heavy (non-hydrogen) atoms. The number of Topliss-reactive ketones (excluding diaryl/α,β-unsaturated/α-hetero) is 1. The van der Waals surface area contributed by atoms with E-state index in [-0.39, 0.29) is 35.9 Å². The molecule has 3 atom stereocenters. The number of esters is 2. The van der Waals surface area contributed by atoms with E-state index in [1.807, 2.05) is 0 Å². The van der Waals surface area contributed by atoms with Crippen molar-refractivity contribution in [3.8, 4) is 5.75 Å². The summed E-state index contributed by atoms with van der Waals surface area (Å²) >= 11 is 3.34. The maximum atomic E-state index is 13.7. The predicted octanol–water partition coefficient (Wildman–Crippen LogP) is 4.24. The molecule has 2 unspecified atom stereocenters. The average Bonchev–Trinajstić information content (AvgIpc) is 3.42. The van der Waals surface area contributed by atoms with Gasteiger partial charge in [-0.2, -0.15) is 0 Å². The van der Waals surface area contributed by atoms with E-state index in [4.69, 9.17) is 19.0 Å². The van der Waals surface area contributed by atoms with E-state index in [1.165, 1.54) is 30.1 Å². The molecule has 0 aliphatic carbocycles. The molecule has 12 nitrogen and oxygen atoms in total. The van der Waals surface area contributed by atoms with Gasteiger partial charge in [0.15, 0.2) is 11.5 Å². The molecule has 0 saturated carbocycles. The van der Waals surface area contributed by atoms with Crippen molar-refractivity contribution in [3.63, 3.8) is 0 Å². The number of oxime groups is 1. The van der Waals surface area contributed by atoms with Crippen LogP contribution in [-0.4, -0.2) is 77.3 Å². The van der Waals surface area contributed by atoms with Crippen LogP contribution in [0.2, 0.25) is 0 Å². The van der Waals surface area contributed by atoms with Crippen LogP contribution in [0.25, 0.3) is 0 Å². The molecule has 0 radical (unpaired) electrons. The van der Waals surface area contributed by atoms with Crippen LogP contribution in [0, 0.1) is 12.8 Å². The molecule has 15 heteroatoms. The molecule has 2 aromatic rings. The summed E-state index contributed by atoms with van der Waals surface area (Å²) in [5.74, 6) is -2.75. The zero-order chi connectivity index (χ0) is 34.0. The van der Waals surface area contributed by atoms with E-state index in [1.54, 1.807) is 64.5 Å². The summed E-state index contributed by atoms with van der Waals surface area (Å²) in [7, 11) is -0.0193. The van der Waals surface area contributed by atoms with Gasteiger partial charge in [-0.15, -0.1) is 11.3 Å². The Hall–Kier alpha value is -3.18. The van der Waals surface area contributed by atoms with E-state index in [0.717, 1.165) is 5.56 Å². The minimum atomic E-state index is -1.57. The summed E-state index contributed by atoms with van der Waals surface area (Å²) in [5.41, 5.74) is -0.961. The first-order chi connectivity index (χ1) is 21.6. The van der Waals surface area contributed by atoms with Crippen molar-refractivity contribution in [1.82, 2.24) is 9.88 Å². The van der Waals surface area contributed by atoms with Crippen molar-refractivity contribution in [1.29, 1.82) is 0 Å². The number of alkyl halides is 1. The average molecular weight is 786 g/mol. The monoisotopic (exact) mass is 785 g/mol. The van der Waals surface area contributed by atoms with Crippen LogP contribution in [0.3, 0.4) is 0 Å². The van der Waals surface area contributed by atoms with Gasteiger partial charge in [-0.25, -0.2) is 14.6 Å². The van der Waals surface area contributed by atoms with Gasteiger partial charge >= 0.3 is 11.9 Å². The largest absolute Gasteiger partial charge is 0.497 e. The Kier molecular flexibility index (Phi) is 11.1. The number of ketones is 1. The minimum Gasteiger partial charge on any atom is -0.497 e. The third-order valence-corrected chi connectivity index (χ3v) is 10.4. The second-order valence-corrected chi connectivity index (χ2v) is 15.5.